The molecule has 0 saturated carbocycles. The second-order valence-electron chi connectivity index (χ2n) is 4.71. The Labute approximate surface area is 131 Å². The van der Waals surface area contributed by atoms with Crippen LogP contribution in [0.5, 0.6) is 0 Å². The highest BCUT2D eigenvalue weighted by Gasteiger charge is 2.21. The lowest BCUT2D eigenvalue weighted by atomic mass is 10.1. The molecule has 2 aromatic rings. The molecule has 110 valence electrons. The summed E-state index contributed by atoms with van der Waals surface area (Å²) in [6, 6.07) is 5.02. The van der Waals surface area contributed by atoms with Gasteiger partial charge in [-0.15, -0.1) is 11.3 Å². The smallest absolute Gasteiger partial charge is 0.338 e. The van der Waals surface area contributed by atoms with Crippen molar-refractivity contribution in [2.45, 2.75) is 20.8 Å². The Kier molecular flexibility index (Phi) is 4.34. The lowest BCUT2D eigenvalue weighted by Crippen LogP contribution is -2.14. The predicted molar refractivity (Wildman–Crippen MR) is 84.9 cm³/mol. The fraction of sp³-hybridized carbons (Fsp3) is 0.200. The molecule has 2 rings (SSSR count). The van der Waals surface area contributed by atoms with E-state index in [1.54, 1.807) is 32.0 Å². The van der Waals surface area contributed by atoms with Crippen molar-refractivity contribution in [3.8, 4) is 0 Å². The van der Waals surface area contributed by atoms with Gasteiger partial charge in [-0.1, -0.05) is 17.7 Å². The molecular formula is C15H14ClNO3S. The number of anilines is 1. The normalized spacial score (nSPS) is 10.5. The molecule has 0 saturated heterocycles. The summed E-state index contributed by atoms with van der Waals surface area (Å²) in [5.41, 5.74) is 2.03. The average Bonchev–Trinajstić information content (AvgIpc) is 2.67. The van der Waals surface area contributed by atoms with Crippen molar-refractivity contribution in [1.82, 2.24) is 0 Å². The van der Waals surface area contributed by atoms with Gasteiger partial charge in [0.15, 0.2) is 0 Å². The van der Waals surface area contributed by atoms with Gasteiger partial charge in [0.1, 0.15) is 5.00 Å². The zero-order valence-corrected chi connectivity index (χ0v) is 13.4. The summed E-state index contributed by atoms with van der Waals surface area (Å²) in [5.74, 6) is -1.41. The van der Waals surface area contributed by atoms with Gasteiger partial charge in [0.05, 0.1) is 5.56 Å². The first kappa shape index (κ1) is 15.5. The van der Waals surface area contributed by atoms with Crippen molar-refractivity contribution >= 4 is 39.8 Å². The SMILES string of the molecule is Cc1ccc(Cl)cc1C(=O)Nc1sc(C)c(C)c1C(=O)O. The van der Waals surface area contributed by atoms with E-state index < -0.39 is 5.97 Å². The predicted octanol–water partition coefficient (Wildman–Crippen LogP) is 4.28. The Bertz CT molecular complexity index is 737. The van der Waals surface area contributed by atoms with Crippen LogP contribution in [0.25, 0.3) is 0 Å². The number of carbonyl (C=O) groups is 2. The van der Waals surface area contributed by atoms with Crippen molar-refractivity contribution in [2.24, 2.45) is 0 Å². The molecule has 2 N–H and O–H groups in total. The van der Waals surface area contributed by atoms with Crippen LogP contribution >= 0.6 is 22.9 Å². The van der Waals surface area contributed by atoms with Crippen LogP contribution in [-0.2, 0) is 0 Å². The lowest BCUT2D eigenvalue weighted by molar-refractivity contribution is 0.0697. The Morgan fingerprint density at radius 1 is 1.24 bits per heavy atom. The zero-order chi connectivity index (χ0) is 15.7. The standard InChI is InChI=1S/C15H14ClNO3S/c1-7-4-5-10(16)6-11(7)13(18)17-14-12(15(19)20)8(2)9(3)21-14/h4-6H,1-3H3,(H,17,18)(H,19,20). The molecule has 1 heterocycles. The number of hydrogen-bond donors (Lipinski definition) is 2. The fourth-order valence-corrected chi connectivity index (χ4v) is 3.20. The van der Waals surface area contributed by atoms with Crippen LogP contribution in [0.1, 0.15) is 36.7 Å². The molecule has 1 aromatic carbocycles. The fourth-order valence-electron chi connectivity index (χ4n) is 1.98. The Balaban J connectivity index is 2.38. The highest BCUT2D eigenvalue weighted by Crippen LogP contribution is 2.33. The van der Waals surface area contributed by atoms with E-state index >= 15 is 0 Å². The van der Waals surface area contributed by atoms with E-state index in [0.29, 0.717) is 21.2 Å². The minimum Gasteiger partial charge on any atom is -0.478 e. The van der Waals surface area contributed by atoms with Crippen LogP contribution in [0.3, 0.4) is 0 Å². The molecule has 4 nitrogen and oxygen atoms in total. The Morgan fingerprint density at radius 3 is 2.52 bits per heavy atom. The number of aryl methyl sites for hydroxylation is 2. The van der Waals surface area contributed by atoms with Crippen LogP contribution in [0.2, 0.25) is 5.02 Å². The molecule has 1 aromatic heterocycles. The molecule has 0 radical (unpaired) electrons. The van der Waals surface area contributed by atoms with Gasteiger partial charge in [-0.3, -0.25) is 4.79 Å². The van der Waals surface area contributed by atoms with E-state index in [4.69, 9.17) is 11.6 Å². The van der Waals surface area contributed by atoms with Crippen molar-refractivity contribution in [3.63, 3.8) is 0 Å². The van der Waals surface area contributed by atoms with E-state index in [1.165, 1.54) is 11.3 Å². The number of benzene rings is 1. The second-order valence-corrected chi connectivity index (χ2v) is 6.37. The molecule has 0 atom stereocenters. The van der Waals surface area contributed by atoms with Crippen molar-refractivity contribution in [1.29, 1.82) is 0 Å². The number of hydrogen-bond acceptors (Lipinski definition) is 3. The first-order valence-corrected chi connectivity index (χ1v) is 7.41. The topological polar surface area (TPSA) is 66.4 Å². The summed E-state index contributed by atoms with van der Waals surface area (Å²) in [6.45, 7) is 5.36. The third-order valence-corrected chi connectivity index (χ3v) is 4.63. The van der Waals surface area contributed by atoms with E-state index in [9.17, 15) is 14.7 Å². The monoisotopic (exact) mass is 323 g/mol. The zero-order valence-electron chi connectivity index (χ0n) is 11.8. The summed E-state index contributed by atoms with van der Waals surface area (Å²) in [7, 11) is 0. The summed E-state index contributed by atoms with van der Waals surface area (Å²) in [4.78, 5) is 24.5. The van der Waals surface area contributed by atoms with Gasteiger partial charge < -0.3 is 10.4 Å². The molecule has 0 unspecified atom stereocenters. The summed E-state index contributed by atoms with van der Waals surface area (Å²) >= 11 is 7.16. The van der Waals surface area contributed by atoms with Crippen molar-refractivity contribution in [3.05, 3.63) is 50.4 Å². The number of nitrogens with one attached hydrogen (secondary N) is 1. The molecular weight excluding hydrogens is 310 g/mol. The highest BCUT2D eigenvalue weighted by molar-refractivity contribution is 7.16. The van der Waals surface area contributed by atoms with Crippen molar-refractivity contribution < 1.29 is 14.7 Å². The first-order valence-electron chi connectivity index (χ1n) is 6.22. The minimum absolute atomic E-state index is 0.144. The maximum absolute atomic E-state index is 12.3. The molecule has 6 heteroatoms. The number of thiophene rings is 1. The number of carboxylic acids is 1. The van der Waals surface area contributed by atoms with Gasteiger partial charge in [0.2, 0.25) is 0 Å². The van der Waals surface area contributed by atoms with Crippen LogP contribution in [-0.4, -0.2) is 17.0 Å². The number of halogens is 1. The summed E-state index contributed by atoms with van der Waals surface area (Å²) in [5, 5.41) is 12.8. The Morgan fingerprint density at radius 2 is 1.90 bits per heavy atom. The van der Waals surface area contributed by atoms with Crippen LogP contribution < -0.4 is 5.32 Å². The lowest BCUT2D eigenvalue weighted by Gasteiger charge is -2.07. The van der Waals surface area contributed by atoms with E-state index in [2.05, 4.69) is 5.32 Å². The molecule has 0 bridgehead atoms. The molecule has 21 heavy (non-hydrogen) atoms. The second kappa shape index (κ2) is 5.87. The van der Waals surface area contributed by atoms with Crippen LogP contribution in [0.15, 0.2) is 18.2 Å². The number of aromatic carboxylic acids is 1. The Hall–Kier alpha value is -1.85. The molecule has 0 aliphatic heterocycles. The van der Waals surface area contributed by atoms with Gasteiger partial charge in [0.25, 0.3) is 5.91 Å². The average molecular weight is 324 g/mol. The van der Waals surface area contributed by atoms with Gasteiger partial charge >= 0.3 is 5.97 Å². The first-order chi connectivity index (χ1) is 9.81. The maximum Gasteiger partial charge on any atom is 0.338 e. The largest absolute Gasteiger partial charge is 0.478 e. The summed E-state index contributed by atoms with van der Waals surface area (Å²) < 4.78 is 0. The maximum atomic E-state index is 12.3. The molecule has 0 fully saturated rings. The van der Waals surface area contributed by atoms with Crippen LogP contribution in [0.4, 0.5) is 5.00 Å². The van der Waals surface area contributed by atoms with Gasteiger partial charge in [-0.05, 0) is 44.0 Å². The highest BCUT2D eigenvalue weighted by atomic mass is 35.5. The third-order valence-electron chi connectivity index (χ3n) is 3.27. The van der Waals surface area contributed by atoms with E-state index in [-0.39, 0.29) is 11.5 Å². The molecule has 0 aliphatic rings. The third kappa shape index (κ3) is 3.09. The van der Waals surface area contributed by atoms with E-state index in [1.807, 2.05) is 6.92 Å². The summed E-state index contributed by atoms with van der Waals surface area (Å²) in [6.07, 6.45) is 0. The molecule has 1 amide bonds. The number of rotatable bonds is 3. The number of amides is 1. The molecule has 0 aliphatic carbocycles. The van der Waals surface area contributed by atoms with Gasteiger partial charge in [-0.2, -0.15) is 0 Å². The van der Waals surface area contributed by atoms with E-state index in [0.717, 1.165) is 10.4 Å². The minimum atomic E-state index is -1.05. The van der Waals surface area contributed by atoms with Gasteiger partial charge in [-0.25, -0.2) is 4.79 Å². The number of carboxylic acid groups (broad SMARTS) is 1. The van der Waals surface area contributed by atoms with Crippen molar-refractivity contribution in [2.75, 3.05) is 5.32 Å². The molecule has 0 spiro atoms. The van der Waals surface area contributed by atoms with Crippen LogP contribution in [0, 0.1) is 20.8 Å². The quantitative estimate of drug-likeness (QED) is 0.886. The number of carbonyl (C=O) groups excluding carboxylic acids is 1. The van der Waals surface area contributed by atoms with Gasteiger partial charge in [0, 0.05) is 15.5 Å².